The summed E-state index contributed by atoms with van der Waals surface area (Å²) in [5.41, 5.74) is 0. The fourth-order valence-electron chi connectivity index (χ4n) is 2.42. The van der Waals surface area contributed by atoms with Crippen molar-refractivity contribution in [1.82, 2.24) is 0 Å². The Morgan fingerprint density at radius 1 is 1.47 bits per heavy atom. The van der Waals surface area contributed by atoms with E-state index >= 15 is 0 Å². The Balaban J connectivity index is 2.61. The van der Waals surface area contributed by atoms with E-state index in [1.807, 2.05) is 0 Å². The Morgan fingerprint density at radius 3 is 2.67 bits per heavy atom. The van der Waals surface area contributed by atoms with Gasteiger partial charge in [0, 0.05) is 0 Å². The first-order chi connectivity index (χ1) is 7.04. The van der Waals surface area contributed by atoms with E-state index in [9.17, 15) is 4.79 Å². The van der Waals surface area contributed by atoms with Crippen LogP contribution in [-0.4, -0.2) is 18.9 Å². The smallest absolute Gasteiger partial charge is 0.433 e. The molecule has 0 aromatic carbocycles. The average Bonchev–Trinajstić information content (AvgIpc) is 2.17. The van der Waals surface area contributed by atoms with Gasteiger partial charge in [0.25, 0.3) is 0 Å². The van der Waals surface area contributed by atoms with Gasteiger partial charge in [0.05, 0.1) is 0 Å². The summed E-state index contributed by atoms with van der Waals surface area (Å²) in [7, 11) is 0. The van der Waals surface area contributed by atoms with E-state index < -0.39 is 6.09 Å². The summed E-state index contributed by atoms with van der Waals surface area (Å²) < 4.78 is 5.32. The van der Waals surface area contributed by atoms with Crippen LogP contribution < -0.4 is 0 Å². The summed E-state index contributed by atoms with van der Waals surface area (Å²) in [6.07, 6.45) is 2.85. The highest BCUT2D eigenvalue weighted by Crippen LogP contribution is 2.35. The van der Waals surface area contributed by atoms with Crippen molar-refractivity contribution in [2.24, 2.45) is 22.7 Å². The molecule has 0 aliphatic heterocycles. The van der Waals surface area contributed by atoms with Gasteiger partial charge in [-0.1, -0.05) is 27.2 Å². The molecule has 0 bridgehead atoms. The number of ether oxygens (including phenoxy) is 1. The molecule has 1 saturated carbocycles. The molecule has 3 atom stereocenters. The van der Waals surface area contributed by atoms with Gasteiger partial charge in [0.2, 0.25) is 0 Å². The van der Waals surface area contributed by atoms with Crippen molar-refractivity contribution in [3.05, 3.63) is 0 Å². The molecule has 0 spiro atoms. The van der Waals surface area contributed by atoms with Crippen molar-refractivity contribution in [3.63, 3.8) is 0 Å². The Labute approximate surface area is 91.9 Å². The lowest BCUT2D eigenvalue weighted by molar-refractivity contribution is 0.0108. The molecule has 0 aromatic rings. The number of hydrogen-bond acceptors (Lipinski definition) is 2. The minimum atomic E-state index is -0.528. The van der Waals surface area contributed by atoms with Crippen LogP contribution in [0.15, 0.2) is 4.99 Å². The highest BCUT2D eigenvalue weighted by molar-refractivity contribution is 5.73. The third-order valence-electron chi connectivity index (χ3n) is 3.34. The third-order valence-corrected chi connectivity index (χ3v) is 3.34. The summed E-state index contributed by atoms with van der Waals surface area (Å²) in [6.45, 7) is 9.76. The largest absolute Gasteiger partial charge is 0.444 e. The predicted molar refractivity (Wildman–Crippen MR) is 61.2 cm³/mol. The molecule has 1 rings (SSSR count). The number of rotatable bonds is 2. The maximum Gasteiger partial charge on any atom is 0.433 e. The van der Waals surface area contributed by atoms with Crippen LogP contribution in [0.25, 0.3) is 0 Å². The van der Waals surface area contributed by atoms with Gasteiger partial charge < -0.3 is 4.74 Å². The maximum absolute atomic E-state index is 11.1. The van der Waals surface area contributed by atoms with Gasteiger partial charge >= 0.3 is 6.09 Å². The molecular formula is C12H21NO2. The van der Waals surface area contributed by atoms with Gasteiger partial charge in [-0.25, -0.2) is 4.79 Å². The molecule has 15 heavy (non-hydrogen) atoms. The van der Waals surface area contributed by atoms with Gasteiger partial charge in [-0.3, -0.25) is 0 Å². The quantitative estimate of drug-likeness (QED) is 0.657. The molecule has 86 valence electrons. The van der Waals surface area contributed by atoms with Gasteiger partial charge in [0.1, 0.15) is 6.10 Å². The fraction of sp³-hybridized carbons (Fsp3) is 0.833. The summed E-state index contributed by atoms with van der Waals surface area (Å²) >= 11 is 0. The molecule has 0 N–H and O–H groups in total. The molecule has 1 aliphatic rings. The second-order valence-corrected chi connectivity index (χ2v) is 4.91. The molecule has 0 heterocycles. The fourth-order valence-corrected chi connectivity index (χ4v) is 2.42. The zero-order valence-corrected chi connectivity index (χ0v) is 9.90. The number of nitrogens with zero attached hydrogens (tertiary/aromatic N) is 1. The first kappa shape index (κ1) is 12.2. The van der Waals surface area contributed by atoms with Crippen molar-refractivity contribution in [2.45, 2.75) is 46.1 Å². The van der Waals surface area contributed by atoms with E-state index in [1.165, 1.54) is 6.42 Å². The number of amides is 1. The highest BCUT2D eigenvalue weighted by atomic mass is 16.6. The van der Waals surface area contributed by atoms with Gasteiger partial charge in [-0.05, 0) is 37.3 Å². The minimum Gasteiger partial charge on any atom is -0.444 e. The van der Waals surface area contributed by atoms with Crippen LogP contribution in [0.2, 0.25) is 0 Å². The predicted octanol–water partition coefficient (Wildman–Crippen LogP) is 3.28. The monoisotopic (exact) mass is 211 g/mol. The van der Waals surface area contributed by atoms with Crippen LogP contribution in [0.4, 0.5) is 4.79 Å². The lowest BCUT2D eigenvalue weighted by atomic mass is 9.75. The Kier molecular flexibility index (Phi) is 4.30. The molecule has 1 aliphatic carbocycles. The topological polar surface area (TPSA) is 38.7 Å². The second kappa shape index (κ2) is 5.29. The standard InChI is InChI=1S/C12H21NO2/c1-8(2)10-6-5-9(3)7-11(10)15-12(14)13-4/h8-11H,4-7H2,1-3H3/t9-,10+,11-/m1/s1. The van der Waals surface area contributed by atoms with Gasteiger partial charge in [-0.2, -0.15) is 4.99 Å². The van der Waals surface area contributed by atoms with Crippen molar-refractivity contribution >= 4 is 12.8 Å². The van der Waals surface area contributed by atoms with Gasteiger partial charge in [0.15, 0.2) is 0 Å². The van der Waals surface area contributed by atoms with Crippen LogP contribution in [0.3, 0.4) is 0 Å². The summed E-state index contributed by atoms with van der Waals surface area (Å²) in [5.74, 6) is 1.68. The molecule has 0 radical (unpaired) electrons. The van der Waals surface area contributed by atoms with Crippen LogP contribution in [0, 0.1) is 17.8 Å². The maximum atomic E-state index is 11.1. The normalized spacial score (nSPS) is 31.3. The molecule has 1 amide bonds. The Morgan fingerprint density at radius 2 is 2.13 bits per heavy atom. The van der Waals surface area contributed by atoms with Crippen molar-refractivity contribution in [1.29, 1.82) is 0 Å². The van der Waals surface area contributed by atoms with E-state index in [2.05, 4.69) is 32.5 Å². The van der Waals surface area contributed by atoms with E-state index in [-0.39, 0.29) is 6.10 Å². The Bertz CT molecular complexity index is 238. The van der Waals surface area contributed by atoms with Crippen molar-refractivity contribution in [2.75, 3.05) is 0 Å². The number of hydrogen-bond donors (Lipinski definition) is 0. The molecule has 0 aromatic heterocycles. The van der Waals surface area contributed by atoms with Crippen LogP contribution >= 0.6 is 0 Å². The average molecular weight is 211 g/mol. The molecule has 3 nitrogen and oxygen atoms in total. The lowest BCUT2D eigenvalue weighted by Crippen LogP contribution is -2.35. The lowest BCUT2D eigenvalue weighted by Gasteiger charge is -2.36. The van der Waals surface area contributed by atoms with Crippen molar-refractivity contribution < 1.29 is 9.53 Å². The highest BCUT2D eigenvalue weighted by Gasteiger charge is 2.33. The first-order valence-corrected chi connectivity index (χ1v) is 5.72. The number of aliphatic imine (C=N–C) groups is 1. The first-order valence-electron chi connectivity index (χ1n) is 5.72. The third kappa shape index (κ3) is 3.33. The minimum absolute atomic E-state index is 0.0340. The Hall–Kier alpha value is -0.860. The SMILES string of the molecule is C=NC(=O)O[C@@H]1C[C@H](C)CC[C@H]1C(C)C. The molecule has 1 fully saturated rings. The summed E-state index contributed by atoms with van der Waals surface area (Å²) in [5, 5.41) is 0. The van der Waals surface area contributed by atoms with E-state index in [4.69, 9.17) is 4.74 Å². The zero-order chi connectivity index (χ0) is 11.4. The van der Waals surface area contributed by atoms with Crippen molar-refractivity contribution in [3.8, 4) is 0 Å². The number of carbonyl (C=O) groups is 1. The molecular weight excluding hydrogens is 190 g/mol. The molecule has 3 heteroatoms. The van der Waals surface area contributed by atoms with E-state index in [1.54, 1.807) is 0 Å². The molecule has 0 saturated heterocycles. The summed E-state index contributed by atoms with van der Waals surface area (Å²) in [4.78, 5) is 14.4. The molecule has 0 unspecified atom stereocenters. The van der Waals surface area contributed by atoms with Crippen LogP contribution in [0.1, 0.15) is 40.0 Å². The van der Waals surface area contributed by atoms with Crippen LogP contribution in [0.5, 0.6) is 0 Å². The number of carbonyl (C=O) groups excluding carboxylic acids is 1. The van der Waals surface area contributed by atoms with E-state index in [0.717, 1.165) is 12.8 Å². The van der Waals surface area contributed by atoms with E-state index in [0.29, 0.717) is 17.8 Å². The van der Waals surface area contributed by atoms with Crippen LogP contribution in [-0.2, 0) is 4.74 Å². The van der Waals surface area contributed by atoms with Gasteiger partial charge in [-0.15, -0.1) is 0 Å². The zero-order valence-electron chi connectivity index (χ0n) is 9.90. The summed E-state index contributed by atoms with van der Waals surface area (Å²) in [6, 6.07) is 0. The second-order valence-electron chi connectivity index (χ2n) is 4.91.